The van der Waals surface area contributed by atoms with Crippen molar-refractivity contribution in [2.75, 3.05) is 17.7 Å². The summed E-state index contributed by atoms with van der Waals surface area (Å²) >= 11 is 3.49. The lowest BCUT2D eigenvalue weighted by Gasteiger charge is -2.21. The number of sulfonamides is 1. The number of halogens is 1. The van der Waals surface area contributed by atoms with E-state index in [1.807, 2.05) is 36.2 Å². The predicted molar refractivity (Wildman–Crippen MR) is 88.5 cm³/mol. The van der Waals surface area contributed by atoms with E-state index in [9.17, 15) is 8.42 Å². The van der Waals surface area contributed by atoms with Gasteiger partial charge >= 0.3 is 0 Å². The zero-order valence-electron chi connectivity index (χ0n) is 11.5. The summed E-state index contributed by atoms with van der Waals surface area (Å²) in [6.45, 7) is 0.606. The van der Waals surface area contributed by atoms with Crippen molar-refractivity contribution in [3.63, 3.8) is 0 Å². The maximum absolute atomic E-state index is 11.5. The molecule has 7 heteroatoms. The lowest BCUT2D eigenvalue weighted by Crippen LogP contribution is -2.18. The maximum Gasteiger partial charge on any atom is 0.238 e. The number of primary sulfonamides is 1. The predicted octanol–water partition coefficient (Wildman–Crippen LogP) is 2.32. The molecule has 0 fully saturated rings. The van der Waals surface area contributed by atoms with Gasteiger partial charge in [-0.05, 0) is 29.8 Å². The van der Waals surface area contributed by atoms with Crippen molar-refractivity contribution in [2.24, 2.45) is 5.14 Å². The second-order valence-corrected chi connectivity index (χ2v) is 7.17. The second-order valence-electron chi connectivity index (χ2n) is 4.75. The summed E-state index contributed by atoms with van der Waals surface area (Å²) in [6.07, 6.45) is 0. The van der Waals surface area contributed by atoms with Crippen LogP contribution in [0.2, 0.25) is 0 Å². The molecule has 0 saturated carbocycles. The third kappa shape index (κ3) is 3.96. The molecule has 0 saturated heterocycles. The highest BCUT2D eigenvalue weighted by Crippen LogP contribution is 2.25. The van der Waals surface area contributed by atoms with Crippen molar-refractivity contribution in [3.8, 4) is 0 Å². The van der Waals surface area contributed by atoms with Crippen LogP contribution >= 0.6 is 15.9 Å². The molecular formula is C14H16BrN3O2S. The summed E-state index contributed by atoms with van der Waals surface area (Å²) in [5, 5.41) is 5.16. The van der Waals surface area contributed by atoms with Crippen LogP contribution < -0.4 is 15.8 Å². The first kappa shape index (κ1) is 15.8. The average Bonchev–Trinajstić information content (AvgIpc) is 2.39. The first-order valence-electron chi connectivity index (χ1n) is 6.15. The normalized spacial score (nSPS) is 11.4. The van der Waals surface area contributed by atoms with E-state index in [0.717, 1.165) is 10.0 Å². The van der Waals surface area contributed by atoms with Gasteiger partial charge in [-0.15, -0.1) is 0 Å². The first-order valence-corrected chi connectivity index (χ1v) is 8.49. The average molecular weight is 370 g/mol. The number of nitrogens with two attached hydrogens (primary N) is 2. The van der Waals surface area contributed by atoms with E-state index in [-0.39, 0.29) is 4.90 Å². The number of anilines is 2. The monoisotopic (exact) mass is 369 g/mol. The van der Waals surface area contributed by atoms with Crippen LogP contribution in [-0.2, 0) is 16.6 Å². The Balaban J connectivity index is 2.34. The van der Waals surface area contributed by atoms with Gasteiger partial charge < -0.3 is 10.6 Å². The third-order valence-electron chi connectivity index (χ3n) is 3.05. The Hall–Kier alpha value is -1.57. The Morgan fingerprint density at radius 3 is 2.48 bits per heavy atom. The lowest BCUT2D eigenvalue weighted by molar-refractivity contribution is 0.598. The molecule has 0 radical (unpaired) electrons. The highest BCUT2D eigenvalue weighted by atomic mass is 79.9. The largest absolute Gasteiger partial charge is 0.399 e. The van der Waals surface area contributed by atoms with Crippen LogP contribution in [0.1, 0.15) is 5.56 Å². The van der Waals surface area contributed by atoms with Crippen molar-refractivity contribution < 1.29 is 8.42 Å². The molecule has 112 valence electrons. The molecule has 2 rings (SSSR count). The van der Waals surface area contributed by atoms with Crippen molar-refractivity contribution in [1.82, 2.24) is 0 Å². The first-order chi connectivity index (χ1) is 9.77. The van der Waals surface area contributed by atoms with Gasteiger partial charge in [0.2, 0.25) is 10.0 Å². The topological polar surface area (TPSA) is 89.4 Å². The summed E-state index contributed by atoms with van der Waals surface area (Å²) in [4.78, 5) is 1.92. The van der Waals surface area contributed by atoms with E-state index in [4.69, 9.17) is 10.9 Å². The minimum Gasteiger partial charge on any atom is -0.399 e. The standard InChI is InChI=1S/C14H16BrN3O2S/c1-18(9-10-4-2-3-5-14(10)15)12-6-11(16)7-13(8-12)21(17,19)20/h2-8H,9,16H2,1H3,(H2,17,19,20). The minimum atomic E-state index is -3.78. The number of hydrogen-bond acceptors (Lipinski definition) is 4. The Morgan fingerprint density at radius 2 is 1.86 bits per heavy atom. The van der Waals surface area contributed by atoms with Gasteiger partial charge in [0.1, 0.15) is 0 Å². The molecule has 21 heavy (non-hydrogen) atoms. The molecule has 5 nitrogen and oxygen atoms in total. The van der Waals surface area contributed by atoms with Crippen LogP contribution in [0.3, 0.4) is 0 Å². The van der Waals surface area contributed by atoms with Crippen LogP contribution in [-0.4, -0.2) is 15.5 Å². The number of benzene rings is 2. The summed E-state index contributed by atoms with van der Waals surface area (Å²) < 4.78 is 23.9. The minimum absolute atomic E-state index is 0.0106. The second kappa shape index (κ2) is 6.05. The van der Waals surface area contributed by atoms with Gasteiger partial charge in [0.25, 0.3) is 0 Å². The summed E-state index contributed by atoms with van der Waals surface area (Å²) in [7, 11) is -1.92. The fourth-order valence-electron chi connectivity index (χ4n) is 1.96. The molecule has 0 aliphatic heterocycles. The molecule has 0 aliphatic rings. The van der Waals surface area contributed by atoms with E-state index in [0.29, 0.717) is 17.9 Å². The number of nitrogens with zero attached hydrogens (tertiary/aromatic N) is 1. The van der Waals surface area contributed by atoms with Gasteiger partial charge in [-0.2, -0.15) is 0 Å². The summed E-state index contributed by atoms with van der Waals surface area (Å²) in [5.41, 5.74) is 7.89. The zero-order valence-corrected chi connectivity index (χ0v) is 13.9. The van der Waals surface area contributed by atoms with Gasteiger partial charge in [0, 0.05) is 29.4 Å². The van der Waals surface area contributed by atoms with Crippen LogP contribution in [0, 0.1) is 0 Å². The number of nitrogen functional groups attached to an aromatic ring is 1. The molecule has 0 aromatic heterocycles. The molecule has 0 heterocycles. The molecule has 0 amide bonds. The van der Waals surface area contributed by atoms with Crippen LogP contribution in [0.15, 0.2) is 51.8 Å². The highest BCUT2D eigenvalue weighted by Gasteiger charge is 2.12. The van der Waals surface area contributed by atoms with E-state index < -0.39 is 10.0 Å². The van der Waals surface area contributed by atoms with Gasteiger partial charge in [-0.25, -0.2) is 13.6 Å². The van der Waals surface area contributed by atoms with Crippen molar-refractivity contribution in [1.29, 1.82) is 0 Å². The van der Waals surface area contributed by atoms with Crippen molar-refractivity contribution >= 4 is 37.3 Å². The Morgan fingerprint density at radius 1 is 1.19 bits per heavy atom. The Labute approximate surface area is 132 Å². The van der Waals surface area contributed by atoms with Crippen molar-refractivity contribution in [3.05, 3.63) is 52.5 Å². The zero-order chi connectivity index (χ0) is 15.6. The van der Waals surface area contributed by atoms with E-state index in [2.05, 4.69) is 15.9 Å². The SMILES string of the molecule is CN(Cc1ccccc1Br)c1cc(N)cc(S(N)(=O)=O)c1. The molecule has 2 aromatic carbocycles. The Bertz CT molecular complexity index is 763. The fraction of sp³-hybridized carbons (Fsp3) is 0.143. The number of hydrogen-bond donors (Lipinski definition) is 2. The Kier molecular flexibility index (Phi) is 4.55. The van der Waals surface area contributed by atoms with Crippen LogP contribution in [0.25, 0.3) is 0 Å². The van der Waals surface area contributed by atoms with Gasteiger partial charge in [-0.3, -0.25) is 0 Å². The molecule has 0 atom stereocenters. The third-order valence-corrected chi connectivity index (χ3v) is 4.71. The fourth-order valence-corrected chi connectivity index (χ4v) is 2.96. The van der Waals surface area contributed by atoms with Crippen LogP contribution in [0.5, 0.6) is 0 Å². The van der Waals surface area contributed by atoms with Crippen LogP contribution in [0.4, 0.5) is 11.4 Å². The molecule has 2 aromatic rings. The highest BCUT2D eigenvalue weighted by molar-refractivity contribution is 9.10. The van der Waals surface area contributed by atoms with E-state index >= 15 is 0 Å². The molecule has 4 N–H and O–H groups in total. The summed E-state index contributed by atoms with van der Waals surface area (Å²) in [5.74, 6) is 0. The smallest absolute Gasteiger partial charge is 0.238 e. The van der Waals surface area contributed by atoms with Gasteiger partial charge in [0.05, 0.1) is 4.90 Å². The van der Waals surface area contributed by atoms with Gasteiger partial charge in [0.15, 0.2) is 0 Å². The van der Waals surface area contributed by atoms with E-state index in [1.54, 1.807) is 6.07 Å². The quantitative estimate of drug-likeness (QED) is 0.809. The van der Waals surface area contributed by atoms with E-state index in [1.165, 1.54) is 12.1 Å². The maximum atomic E-state index is 11.5. The molecule has 0 bridgehead atoms. The molecule has 0 aliphatic carbocycles. The van der Waals surface area contributed by atoms with Crippen molar-refractivity contribution in [2.45, 2.75) is 11.4 Å². The molecular weight excluding hydrogens is 354 g/mol. The summed E-state index contributed by atoms with van der Waals surface area (Å²) in [6, 6.07) is 12.4. The van der Waals surface area contributed by atoms with Gasteiger partial charge in [-0.1, -0.05) is 34.1 Å². The molecule has 0 spiro atoms. The molecule has 0 unspecified atom stereocenters. The number of rotatable bonds is 4. The lowest BCUT2D eigenvalue weighted by atomic mass is 10.2.